The molecule has 2 atom stereocenters. The SMILES string of the molecule is C=CC(=O)N1CCC(C(=O)N[C@@H]2CN(C(=O)OC(C)(C)C)C[C@H]2c2ccccc2)CC1. The van der Waals surface area contributed by atoms with Crippen molar-refractivity contribution in [1.29, 1.82) is 0 Å². The summed E-state index contributed by atoms with van der Waals surface area (Å²) in [6, 6.07) is 9.77. The number of nitrogens with one attached hydrogen (secondary N) is 1. The smallest absolute Gasteiger partial charge is 0.410 e. The Labute approximate surface area is 184 Å². The molecular weight excluding hydrogens is 394 g/mol. The van der Waals surface area contributed by atoms with Crippen molar-refractivity contribution in [1.82, 2.24) is 15.1 Å². The Kier molecular flexibility index (Phi) is 7.03. The lowest BCUT2D eigenvalue weighted by Crippen LogP contribution is -2.47. The van der Waals surface area contributed by atoms with Crippen LogP contribution in [-0.4, -0.2) is 65.5 Å². The number of carbonyl (C=O) groups excluding carboxylic acids is 3. The molecule has 1 aromatic rings. The van der Waals surface area contributed by atoms with Gasteiger partial charge in [-0.1, -0.05) is 36.9 Å². The number of hydrogen-bond acceptors (Lipinski definition) is 4. The minimum atomic E-state index is -0.572. The number of piperidine rings is 1. The summed E-state index contributed by atoms with van der Waals surface area (Å²) >= 11 is 0. The van der Waals surface area contributed by atoms with Crippen LogP contribution in [0.3, 0.4) is 0 Å². The number of rotatable bonds is 4. The standard InChI is InChI=1S/C24H33N3O4/c1-5-21(28)26-13-11-18(12-14-26)22(29)25-20-16-27(23(30)31-24(2,3)4)15-19(20)17-9-7-6-8-10-17/h5-10,18-20H,1,11-16H2,2-4H3,(H,25,29)/t19-,20+/m0/s1. The van der Waals surface area contributed by atoms with Crippen molar-refractivity contribution in [2.75, 3.05) is 26.2 Å². The molecule has 0 spiro atoms. The molecule has 2 aliphatic rings. The molecule has 2 heterocycles. The largest absolute Gasteiger partial charge is 0.444 e. The quantitative estimate of drug-likeness (QED) is 0.750. The van der Waals surface area contributed by atoms with Crippen LogP contribution < -0.4 is 5.32 Å². The predicted molar refractivity (Wildman–Crippen MR) is 118 cm³/mol. The second kappa shape index (κ2) is 9.54. The molecule has 0 unspecified atom stereocenters. The number of nitrogens with zero attached hydrogens (tertiary/aromatic N) is 2. The topological polar surface area (TPSA) is 79.0 Å². The zero-order chi connectivity index (χ0) is 22.6. The maximum absolute atomic E-state index is 13.0. The Hall–Kier alpha value is -2.83. The summed E-state index contributed by atoms with van der Waals surface area (Å²) in [7, 11) is 0. The van der Waals surface area contributed by atoms with Crippen molar-refractivity contribution >= 4 is 17.9 Å². The summed E-state index contributed by atoms with van der Waals surface area (Å²) in [4.78, 5) is 40.8. The van der Waals surface area contributed by atoms with Gasteiger partial charge in [-0.05, 0) is 45.3 Å². The Morgan fingerprint density at radius 3 is 2.29 bits per heavy atom. The average molecular weight is 428 g/mol. The number of hydrogen-bond donors (Lipinski definition) is 1. The highest BCUT2D eigenvalue weighted by atomic mass is 16.6. The Morgan fingerprint density at radius 2 is 1.71 bits per heavy atom. The van der Waals surface area contributed by atoms with E-state index in [9.17, 15) is 14.4 Å². The summed E-state index contributed by atoms with van der Waals surface area (Å²) in [6.45, 7) is 11.1. The van der Waals surface area contributed by atoms with Gasteiger partial charge in [0.25, 0.3) is 0 Å². The molecule has 1 N–H and O–H groups in total. The number of benzene rings is 1. The van der Waals surface area contributed by atoms with Gasteiger partial charge in [-0.2, -0.15) is 0 Å². The summed E-state index contributed by atoms with van der Waals surface area (Å²) < 4.78 is 5.55. The van der Waals surface area contributed by atoms with E-state index < -0.39 is 5.60 Å². The third-order valence-electron chi connectivity index (χ3n) is 5.88. The molecule has 0 aliphatic carbocycles. The maximum Gasteiger partial charge on any atom is 0.410 e. The second-order valence-electron chi connectivity index (χ2n) is 9.32. The maximum atomic E-state index is 13.0. The molecule has 0 radical (unpaired) electrons. The predicted octanol–water partition coefficient (Wildman–Crippen LogP) is 2.93. The molecule has 2 aliphatic heterocycles. The van der Waals surface area contributed by atoms with Crippen LogP contribution in [0.4, 0.5) is 4.79 Å². The van der Waals surface area contributed by atoms with Crippen molar-refractivity contribution in [3.05, 3.63) is 48.6 Å². The van der Waals surface area contributed by atoms with Gasteiger partial charge in [0.2, 0.25) is 11.8 Å². The van der Waals surface area contributed by atoms with E-state index in [2.05, 4.69) is 11.9 Å². The van der Waals surface area contributed by atoms with E-state index in [0.29, 0.717) is 39.0 Å². The van der Waals surface area contributed by atoms with Gasteiger partial charge >= 0.3 is 6.09 Å². The van der Waals surface area contributed by atoms with Gasteiger partial charge < -0.3 is 19.9 Å². The first kappa shape index (κ1) is 22.8. The number of likely N-dealkylation sites (tertiary alicyclic amines) is 2. The van der Waals surface area contributed by atoms with Crippen molar-refractivity contribution < 1.29 is 19.1 Å². The highest BCUT2D eigenvalue weighted by Gasteiger charge is 2.39. The highest BCUT2D eigenvalue weighted by molar-refractivity contribution is 5.87. The van der Waals surface area contributed by atoms with Crippen LogP contribution in [0.1, 0.15) is 45.1 Å². The minimum absolute atomic E-state index is 0.0000935. The monoisotopic (exact) mass is 427 g/mol. The Bertz CT molecular complexity index is 810. The lowest BCUT2D eigenvalue weighted by atomic mass is 9.92. The van der Waals surface area contributed by atoms with Gasteiger partial charge in [-0.15, -0.1) is 0 Å². The van der Waals surface area contributed by atoms with Gasteiger partial charge in [0.05, 0.1) is 6.04 Å². The average Bonchev–Trinajstić information content (AvgIpc) is 3.16. The molecule has 0 aromatic heterocycles. The van der Waals surface area contributed by atoms with E-state index >= 15 is 0 Å². The molecule has 3 rings (SSSR count). The lowest BCUT2D eigenvalue weighted by Gasteiger charge is -2.31. The van der Waals surface area contributed by atoms with E-state index in [1.807, 2.05) is 51.1 Å². The normalized spacial score (nSPS) is 22.2. The molecule has 31 heavy (non-hydrogen) atoms. The summed E-state index contributed by atoms with van der Waals surface area (Å²) in [5.74, 6) is -0.240. The molecule has 0 bridgehead atoms. The van der Waals surface area contributed by atoms with Crippen LogP contribution in [0.25, 0.3) is 0 Å². The zero-order valence-electron chi connectivity index (χ0n) is 18.7. The van der Waals surface area contributed by atoms with Crippen LogP contribution in [0.2, 0.25) is 0 Å². The Morgan fingerprint density at radius 1 is 1.06 bits per heavy atom. The third kappa shape index (κ3) is 5.87. The third-order valence-corrected chi connectivity index (χ3v) is 5.88. The molecule has 7 heteroatoms. The van der Waals surface area contributed by atoms with Crippen LogP contribution in [-0.2, 0) is 14.3 Å². The fraction of sp³-hybridized carbons (Fsp3) is 0.542. The molecule has 2 fully saturated rings. The van der Waals surface area contributed by atoms with Crippen molar-refractivity contribution in [2.24, 2.45) is 5.92 Å². The van der Waals surface area contributed by atoms with Gasteiger partial charge in [-0.25, -0.2) is 4.79 Å². The summed E-state index contributed by atoms with van der Waals surface area (Å²) in [6.07, 6.45) is 2.21. The van der Waals surface area contributed by atoms with Gasteiger partial charge in [0.1, 0.15) is 5.60 Å². The van der Waals surface area contributed by atoms with Crippen molar-refractivity contribution in [3.63, 3.8) is 0 Å². The van der Waals surface area contributed by atoms with Crippen LogP contribution in [0.5, 0.6) is 0 Å². The molecule has 3 amide bonds. The number of ether oxygens (including phenoxy) is 1. The van der Waals surface area contributed by atoms with Gasteiger partial charge in [-0.3, -0.25) is 9.59 Å². The van der Waals surface area contributed by atoms with E-state index in [1.54, 1.807) is 9.80 Å². The summed E-state index contributed by atoms with van der Waals surface area (Å²) in [5, 5.41) is 3.19. The number of carbonyl (C=O) groups is 3. The first-order chi connectivity index (χ1) is 14.7. The van der Waals surface area contributed by atoms with E-state index in [-0.39, 0.29) is 35.8 Å². The fourth-order valence-corrected chi connectivity index (χ4v) is 4.26. The number of amides is 3. The molecule has 0 saturated carbocycles. The van der Waals surface area contributed by atoms with Crippen LogP contribution in [0.15, 0.2) is 43.0 Å². The molecular formula is C24H33N3O4. The lowest BCUT2D eigenvalue weighted by molar-refractivity contribution is -0.132. The summed E-state index contributed by atoms with van der Waals surface area (Å²) in [5.41, 5.74) is 0.516. The van der Waals surface area contributed by atoms with Crippen LogP contribution in [0, 0.1) is 5.92 Å². The first-order valence-electron chi connectivity index (χ1n) is 10.9. The first-order valence-corrected chi connectivity index (χ1v) is 10.9. The molecule has 2 saturated heterocycles. The van der Waals surface area contributed by atoms with Crippen LogP contribution >= 0.6 is 0 Å². The second-order valence-corrected chi connectivity index (χ2v) is 9.32. The minimum Gasteiger partial charge on any atom is -0.444 e. The van der Waals surface area contributed by atoms with E-state index in [4.69, 9.17) is 4.74 Å². The van der Waals surface area contributed by atoms with Gasteiger partial charge in [0.15, 0.2) is 0 Å². The molecule has 7 nitrogen and oxygen atoms in total. The fourth-order valence-electron chi connectivity index (χ4n) is 4.26. The van der Waals surface area contributed by atoms with E-state index in [1.165, 1.54) is 6.08 Å². The Balaban J connectivity index is 1.67. The van der Waals surface area contributed by atoms with E-state index in [0.717, 1.165) is 5.56 Å². The zero-order valence-corrected chi connectivity index (χ0v) is 18.7. The highest BCUT2D eigenvalue weighted by Crippen LogP contribution is 2.29. The molecule has 168 valence electrons. The van der Waals surface area contributed by atoms with Crippen molar-refractivity contribution in [2.45, 2.75) is 51.2 Å². The van der Waals surface area contributed by atoms with Gasteiger partial charge in [0, 0.05) is 38.0 Å². The van der Waals surface area contributed by atoms with Crippen molar-refractivity contribution in [3.8, 4) is 0 Å². The molecule has 1 aromatic carbocycles.